The maximum absolute atomic E-state index is 12.5. The molecule has 1 aliphatic heterocycles. The number of rotatable bonds is 1. The van der Waals surface area contributed by atoms with Crippen molar-refractivity contribution in [3.05, 3.63) is 48.8 Å². The first-order chi connectivity index (χ1) is 10.6. The molecule has 22 heavy (non-hydrogen) atoms. The molecule has 0 radical (unpaired) electrons. The van der Waals surface area contributed by atoms with Crippen molar-refractivity contribution in [1.29, 1.82) is 0 Å². The summed E-state index contributed by atoms with van der Waals surface area (Å²) in [6, 6.07) is 3.83. The van der Waals surface area contributed by atoms with Crippen molar-refractivity contribution >= 4 is 28.6 Å². The number of ketones is 1. The normalized spacial score (nSPS) is 23.6. The molecule has 0 amide bonds. The number of hydrogen-bond acceptors (Lipinski definition) is 5. The minimum atomic E-state index is -0.571. The van der Waals surface area contributed by atoms with Crippen LogP contribution in [0.25, 0.3) is 0 Å². The Kier molecular flexibility index (Phi) is 2.97. The number of fused-ring (bicyclic) bond motifs is 2. The molecule has 4 rings (SSSR count). The van der Waals surface area contributed by atoms with Gasteiger partial charge >= 0.3 is 5.69 Å². The van der Waals surface area contributed by atoms with Gasteiger partial charge in [-0.3, -0.25) is 19.6 Å². The number of nitrogens with one attached hydrogen (secondary N) is 2. The van der Waals surface area contributed by atoms with Gasteiger partial charge in [0.25, 0.3) is 5.56 Å². The molecule has 6 nitrogen and oxygen atoms in total. The first kappa shape index (κ1) is 13.4. The van der Waals surface area contributed by atoms with Gasteiger partial charge < -0.3 is 0 Å². The van der Waals surface area contributed by atoms with Gasteiger partial charge in [0, 0.05) is 22.9 Å². The van der Waals surface area contributed by atoms with Crippen LogP contribution in [-0.4, -0.2) is 21.5 Å². The van der Waals surface area contributed by atoms with E-state index < -0.39 is 11.2 Å². The third kappa shape index (κ3) is 1.93. The molecular formula is C15H13N3O3S. The van der Waals surface area contributed by atoms with E-state index in [1.54, 1.807) is 0 Å². The van der Waals surface area contributed by atoms with Crippen LogP contribution in [0.4, 0.5) is 5.82 Å². The highest BCUT2D eigenvalue weighted by molar-refractivity contribution is 7.10. The summed E-state index contributed by atoms with van der Waals surface area (Å²) in [4.78, 5) is 46.6. The van der Waals surface area contributed by atoms with Gasteiger partial charge in [0.15, 0.2) is 0 Å². The second-order valence-electron chi connectivity index (χ2n) is 5.56. The van der Waals surface area contributed by atoms with Gasteiger partial charge in [0.1, 0.15) is 11.6 Å². The van der Waals surface area contributed by atoms with Gasteiger partial charge in [-0.25, -0.2) is 9.79 Å². The van der Waals surface area contributed by atoms with Gasteiger partial charge in [-0.1, -0.05) is 6.07 Å². The highest BCUT2D eigenvalue weighted by Crippen LogP contribution is 2.44. The molecule has 0 aromatic carbocycles. The van der Waals surface area contributed by atoms with Crippen LogP contribution in [0.3, 0.4) is 0 Å². The summed E-state index contributed by atoms with van der Waals surface area (Å²) in [7, 11) is 0. The Morgan fingerprint density at radius 1 is 1.14 bits per heavy atom. The van der Waals surface area contributed by atoms with Crippen molar-refractivity contribution < 1.29 is 4.79 Å². The summed E-state index contributed by atoms with van der Waals surface area (Å²) in [5, 5.41) is 1.92. The molecule has 2 aromatic heterocycles. The monoisotopic (exact) mass is 315 g/mol. The summed E-state index contributed by atoms with van der Waals surface area (Å²) in [6.07, 6.45) is 2.02. The molecule has 1 saturated carbocycles. The fraction of sp³-hybridized carbons (Fsp3) is 0.333. The lowest BCUT2D eigenvalue weighted by molar-refractivity contribution is -0.121. The van der Waals surface area contributed by atoms with Crippen LogP contribution in [0, 0.1) is 5.92 Å². The minimum Gasteiger partial charge on any atom is -0.299 e. The van der Waals surface area contributed by atoms with E-state index >= 15 is 0 Å². The highest BCUT2D eigenvalue weighted by Gasteiger charge is 2.42. The number of Topliss-reactive ketones (excluding diaryl/α,β-unsaturated/α-hetero) is 1. The zero-order valence-corrected chi connectivity index (χ0v) is 12.4. The Morgan fingerprint density at radius 2 is 2.00 bits per heavy atom. The Morgan fingerprint density at radius 3 is 2.77 bits per heavy atom. The van der Waals surface area contributed by atoms with E-state index in [0.29, 0.717) is 17.8 Å². The van der Waals surface area contributed by atoms with Crippen molar-refractivity contribution in [2.45, 2.75) is 25.2 Å². The Balaban J connectivity index is 2.03. The summed E-state index contributed by atoms with van der Waals surface area (Å²) in [5.41, 5.74) is 0.145. The Bertz CT molecular complexity index is 891. The molecule has 2 atom stereocenters. The maximum Gasteiger partial charge on any atom is 0.327 e. The van der Waals surface area contributed by atoms with Gasteiger partial charge in [0.05, 0.1) is 11.5 Å². The lowest BCUT2D eigenvalue weighted by Crippen LogP contribution is -2.40. The molecule has 0 saturated heterocycles. The van der Waals surface area contributed by atoms with E-state index in [1.165, 1.54) is 11.3 Å². The molecule has 3 heterocycles. The van der Waals surface area contributed by atoms with E-state index in [9.17, 15) is 14.4 Å². The first-order valence-corrected chi connectivity index (χ1v) is 8.03. The lowest BCUT2D eigenvalue weighted by Gasteiger charge is -2.33. The fourth-order valence-corrected chi connectivity index (χ4v) is 4.26. The number of thiophene rings is 1. The smallest absolute Gasteiger partial charge is 0.299 e. The molecule has 7 heteroatoms. The molecule has 112 valence electrons. The SMILES string of the molecule is O=C1CCCC2=Nc3[nH]c(=O)[nH]c(=O)c3C(c3cccs3)C12. The molecule has 2 N–H and O–H groups in total. The molecular weight excluding hydrogens is 302 g/mol. The zero-order chi connectivity index (χ0) is 15.3. The average Bonchev–Trinajstić information content (AvgIpc) is 2.99. The Labute approximate surface area is 128 Å². The van der Waals surface area contributed by atoms with Crippen LogP contribution < -0.4 is 11.2 Å². The summed E-state index contributed by atoms with van der Waals surface area (Å²) in [6.45, 7) is 0. The molecule has 0 spiro atoms. The standard InChI is InChI=1S/C15H13N3O3S/c19-8-4-1-3-7-10(8)11(9-5-2-6-22-9)12-13(16-7)17-15(21)18-14(12)20/h2,5-6,10-11H,1,3-4H2,(H2,17,18,20,21). The van der Waals surface area contributed by atoms with Crippen LogP contribution in [0.1, 0.15) is 35.6 Å². The number of carbonyl (C=O) groups is 1. The largest absolute Gasteiger partial charge is 0.327 e. The van der Waals surface area contributed by atoms with Crippen molar-refractivity contribution in [2.24, 2.45) is 10.9 Å². The van der Waals surface area contributed by atoms with Gasteiger partial charge in [0.2, 0.25) is 0 Å². The van der Waals surface area contributed by atoms with Crippen LogP contribution in [0.2, 0.25) is 0 Å². The van der Waals surface area contributed by atoms with Crippen LogP contribution in [0.5, 0.6) is 0 Å². The quantitative estimate of drug-likeness (QED) is 0.838. The molecule has 1 fully saturated rings. The number of H-pyrrole nitrogens is 2. The van der Waals surface area contributed by atoms with Crippen LogP contribution in [-0.2, 0) is 4.79 Å². The van der Waals surface area contributed by atoms with Crippen molar-refractivity contribution in [3.63, 3.8) is 0 Å². The Hall–Kier alpha value is -2.28. The predicted molar refractivity (Wildman–Crippen MR) is 83.3 cm³/mol. The van der Waals surface area contributed by atoms with E-state index in [0.717, 1.165) is 23.4 Å². The molecule has 1 aliphatic carbocycles. The maximum atomic E-state index is 12.5. The number of aliphatic imine (C=N–C) groups is 1. The van der Waals surface area contributed by atoms with Gasteiger partial charge in [-0.2, -0.15) is 0 Å². The van der Waals surface area contributed by atoms with Crippen molar-refractivity contribution in [1.82, 2.24) is 9.97 Å². The molecule has 0 bridgehead atoms. The molecule has 2 unspecified atom stereocenters. The van der Waals surface area contributed by atoms with Crippen molar-refractivity contribution in [3.8, 4) is 0 Å². The van der Waals surface area contributed by atoms with Gasteiger partial charge in [-0.15, -0.1) is 11.3 Å². The lowest BCUT2D eigenvalue weighted by atomic mass is 9.72. The number of hydrogen-bond donors (Lipinski definition) is 2. The third-order valence-corrected chi connectivity index (χ3v) is 5.23. The second kappa shape index (κ2) is 4.88. The van der Waals surface area contributed by atoms with E-state index in [-0.39, 0.29) is 17.6 Å². The molecule has 2 aliphatic rings. The third-order valence-electron chi connectivity index (χ3n) is 4.27. The number of nitrogens with zero attached hydrogens (tertiary/aromatic N) is 1. The minimum absolute atomic E-state index is 0.125. The van der Waals surface area contributed by atoms with Crippen molar-refractivity contribution in [2.75, 3.05) is 0 Å². The summed E-state index contributed by atoms with van der Waals surface area (Å²) < 4.78 is 0. The number of aromatic amines is 2. The van der Waals surface area contributed by atoms with E-state index in [4.69, 9.17) is 0 Å². The number of aromatic nitrogens is 2. The predicted octanol–water partition coefficient (Wildman–Crippen LogP) is 1.71. The topological polar surface area (TPSA) is 95.2 Å². The average molecular weight is 315 g/mol. The van der Waals surface area contributed by atoms with E-state index in [1.807, 2.05) is 17.5 Å². The first-order valence-electron chi connectivity index (χ1n) is 7.15. The summed E-state index contributed by atoms with van der Waals surface area (Å²) >= 11 is 1.51. The highest BCUT2D eigenvalue weighted by atomic mass is 32.1. The zero-order valence-electron chi connectivity index (χ0n) is 11.6. The summed E-state index contributed by atoms with van der Waals surface area (Å²) in [5.74, 6) is -0.310. The molecule has 2 aromatic rings. The van der Waals surface area contributed by atoms with Crippen LogP contribution >= 0.6 is 11.3 Å². The fourth-order valence-electron chi connectivity index (χ4n) is 3.39. The van der Waals surface area contributed by atoms with Crippen LogP contribution in [0.15, 0.2) is 32.1 Å². The van der Waals surface area contributed by atoms with E-state index in [2.05, 4.69) is 15.0 Å². The van der Waals surface area contributed by atoms with Gasteiger partial charge in [-0.05, 0) is 24.3 Å². The second-order valence-corrected chi connectivity index (χ2v) is 6.54. The number of carbonyl (C=O) groups excluding carboxylic acids is 1.